The Balaban J connectivity index is 1.73. The minimum Gasteiger partial charge on any atom is -0.361 e. The SMILES string of the molecule is C=C/C=C(\C=C/C)/C=N/C(Nc1ccccc1/C(C)=C/C=C\C)=C(/Nc1ccccc1-c1ccccc1)C(=NC)NC1C=CC=CC1c1ccccc1. The molecule has 0 spiro atoms. The van der Waals surface area contributed by atoms with Gasteiger partial charge in [0.1, 0.15) is 11.5 Å². The molecule has 0 amide bonds. The Labute approximate surface area is 315 Å². The lowest BCUT2D eigenvalue weighted by Crippen LogP contribution is -2.41. The fourth-order valence-electron chi connectivity index (χ4n) is 6.13. The minimum absolute atomic E-state index is 0.0787. The first-order valence-electron chi connectivity index (χ1n) is 18.0. The number of aliphatic imine (C=N–C) groups is 2. The van der Waals surface area contributed by atoms with Crippen LogP contribution in [0, 0.1) is 0 Å². The fourth-order valence-corrected chi connectivity index (χ4v) is 6.13. The van der Waals surface area contributed by atoms with E-state index in [9.17, 15) is 0 Å². The highest BCUT2D eigenvalue weighted by atomic mass is 15.1. The molecular formula is C48H49N5. The van der Waals surface area contributed by atoms with Crippen LogP contribution in [0.1, 0.15) is 37.8 Å². The summed E-state index contributed by atoms with van der Waals surface area (Å²) in [5.41, 5.74) is 8.95. The molecule has 4 aromatic carbocycles. The Hall–Kier alpha value is -6.46. The van der Waals surface area contributed by atoms with Crippen LogP contribution in [0.15, 0.2) is 210 Å². The van der Waals surface area contributed by atoms with E-state index in [1.807, 2.05) is 75.7 Å². The van der Waals surface area contributed by atoms with Crippen LogP contribution >= 0.6 is 0 Å². The Bertz CT molecular complexity index is 2110. The molecule has 1 aliphatic rings. The van der Waals surface area contributed by atoms with Gasteiger partial charge >= 0.3 is 0 Å². The van der Waals surface area contributed by atoms with E-state index >= 15 is 0 Å². The van der Waals surface area contributed by atoms with E-state index in [1.54, 1.807) is 6.08 Å². The number of hydrogen-bond acceptors (Lipinski definition) is 4. The van der Waals surface area contributed by atoms with Crippen molar-refractivity contribution in [1.82, 2.24) is 5.32 Å². The third-order valence-electron chi connectivity index (χ3n) is 8.75. The highest BCUT2D eigenvalue weighted by Crippen LogP contribution is 2.32. The van der Waals surface area contributed by atoms with Gasteiger partial charge in [-0.15, -0.1) is 0 Å². The number of nitrogens with zero attached hydrogens (tertiary/aromatic N) is 2. The maximum Gasteiger partial charge on any atom is 0.158 e. The summed E-state index contributed by atoms with van der Waals surface area (Å²) in [5, 5.41) is 11.4. The average molecular weight is 696 g/mol. The molecule has 0 fully saturated rings. The topological polar surface area (TPSA) is 60.8 Å². The van der Waals surface area contributed by atoms with Crippen LogP contribution in [0.5, 0.6) is 0 Å². The van der Waals surface area contributed by atoms with E-state index in [2.05, 4.69) is 151 Å². The molecule has 0 radical (unpaired) electrons. The number of rotatable bonds is 14. The second-order valence-corrected chi connectivity index (χ2v) is 12.4. The quantitative estimate of drug-likeness (QED) is 0.0699. The van der Waals surface area contributed by atoms with E-state index in [-0.39, 0.29) is 12.0 Å². The highest BCUT2D eigenvalue weighted by molar-refractivity contribution is 6.03. The number of nitrogens with one attached hydrogen (secondary N) is 3. The Kier molecular flexibility index (Phi) is 14.1. The summed E-state index contributed by atoms with van der Waals surface area (Å²) >= 11 is 0. The van der Waals surface area contributed by atoms with Gasteiger partial charge in [0.2, 0.25) is 0 Å². The van der Waals surface area contributed by atoms with E-state index in [4.69, 9.17) is 9.98 Å². The van der Waals surface area contributed by atoms with Crippen molar-refractivity contribution in [2.75, 3.05) is 17.7 Å². The first kappa shape index (κ1) is 37.8. The van der Waals surface area contributed by atoms with Gasteiger partial charge in [0, 0.05) is 41.7 Å². The van der Waals surface area contributed by atoms with Gasteiger partial charge in [0.25, 0.3) is 0 Å². The summed E-state index contributed by atoms with van der Waals surface area (Å²) in [6.07, 6.45) is 24.4. The summed E-state index contributed by atoms with van der Waals surface area (Å²) in [5.74, 6) is 1.32. The minimum atomic E-state index is -0.0787. The van der Waals surface area contributed by atoms with E-state index < -0.39 is 0 Å². The van der Waals surface area contributed by atoms with Crippen LogP contribution in [-0.4, -0.2) is 25.1 Å². The van der Waals surface area contributed by atoms with Crippen molar-refractivity contribution in [2.24, 2.45) is 9.98 Å². The molecule has 0 bridgehead atoms. The van der Waals surface area contributed by atoms with Crippen molar-refractivity contribution in [2.45, 2.75) is 32.7 Å². The molecule has 0 saturated carbocycles. The molecule has 53 heavy (non-hydrogen) atoms. The van der Waals surface area contributed by atoms with Gasteiger partial charge in [-0.1, -0.05) is 170 Å². The van der Waals surface area contributed by atoms with E-state index in [0.717, 1.165) is 39.2 Å². The zero-order chi connectivity index (χ0) is 37.3. The molecule has 0 aliphatic heterocycles. The number of hydrogen-bond donors (Lipinski definition) is 3. The summed E-state index contributed by atoms with van der Waals surface area (Å²) in [7, 11) is 1.81. The summed E-state index contributed by atoms with van der Waals surface area (Å²) in [4.78, 5) is 10.1. The third kappa shape index (κ3) is 10.3. The van der Waals surface area contributed by atoms with Crippen molar-refractivity contribution in [3.05, 3.63) is 211 Å². The summed E-state index contributed by atoms with van der Waals surface area (Å²) < 4.78 is 0. The molecule has 5 heteroatoms. The van der Waals surface area contributed by atoms with Gasteiger partial charge in [0.05, 0.1) is 6.04 Å². The predicted molar refractivity (Wildman–Crippen MR) is 230 cm³/mol. The van der Waals surface area contributed by atoms with Crippen molar-refractivity contribution in [3.63, 3.8) is 0 Å². The molecule has 4 aromatic rings. The smallest absolute Gasteiger partial charge is 0.158 e. The van der Waals surface area contributed by atoms with Crippen LogP contribution < -0.4 is 16.0 Å². The first-order chi connectivity index (χ1) is 26.1. The molecule has 1 aliphatic carbocycles. The maximum atomic E-state index is 5.18. The zero-order valence-electron chi connectivity index (χ0n) is 31.1. The van der Waals surface area contributed by atoms with Crippen LogP contribution in [0.4, 0.5) is 11.4 Å². The second kappa shape index (κ2) is 19.8. The molecule has 2 atom stereocenters. The monoisotopic (exact) mass is 695 g/mol. The largest absolute Gasteiger partial charge is 0.361 e. The van der Waals surface area contributed by atoms with Gasteiger partial charge in [0.15, 0.2) is 5.82 Å². The van der Waals surface area contributed by atoms with Gasteiger partial charge in [-0.05, 0) is 55.2 Å². The second-order valence-electron chi connectivity index (χ2n) is 12.4. The Morgan fingerprint density at radius 3 is 2.13 bits per heavy atom. The molecule has 0 heterocycles. The molecular weight excluding hydrogens is 647 g/mol. The van der Waals surface area contributed by atoms with Gasteiger partial charge < -0.3 is 16.0 Å². The van der Waals surface area contributed by atoms with Crippen LogP contribution in [0.3, 0.4) is 0 Å². The number of amidine groups is 1. The van der Waals surface area contributed by atoms with E-state index in [0.29, 0.717) is 17.4 Å². The highest BCUT2D eigenvalue weighted by Gasteiger charge is 2.25. The van der Waals surface area contributed by atoms with Crippen LogP contribution in [-0.2, 0) is 0 Å². The van der Waals surface area contributed by atoms with Gasteiger partial charge in [-0.25, -0.2) is 4.99 Å². The van der Waals surface area contributed by atoms with Crippen LogP contribution in [0.25, 0.3) is 16.7 Å². The average Bonchev–Trinajstić information content (AvgIpc) is 3.21. The number of benzene rings is 4. The Morgan fingerprint density at radius 2 is 1.42 bits per heavy atom. The van der Waals surface area contributed by atoms with Gasteiger partial charge in [-0.2, -0.15) is 0 Å². The Morgan fingerprint density at radius 1 is 0.736 bits per heavy atom. The van der Waals surface area contributed by atoms with Crippen molar-refractivity contribution in [3.8, 4) is 11.1 Å². The lowest BCUT2D eigenvalue weighted by atomic mass is 9.88. The molecule has 266 valence electrons. The summed E-state index contributed by atoms with van der Waals surface area (Å²) in [6.45, 7) is 10.1. The molecule has 0 aromatic heterocycles. The zero-order valence-corrected chi connectivity index (χ0v) is 31.1. The number of allylic oxidation sites excluding steroid dienone is 11. The molecule has 3 N–H and O–H groups in total. The maximum absolute atomic E-state index is 5.18. The molecule has 5 rings (SSSR count). The third-order valence-corrected chi connectivity index (χ3v) is 8.75. The van der Waals surface area contributed by atoms with Crippen molar-refractivity contribution in [1.29, 1.82) is 0 Å². The predicted octanol–water partition coefficient (Wildman–Crippen LogP) is 11.7. The lowest BCUT2D eigenvalue weighted by molar-refractivity contribution is 0.647. The van der Waals surface area contributed by atoms with E-state index in [1.165, 1.54) is 5.56 Å². The van der Waals surface area contributed by atoms with Crippen molar-refractivity contribution >= 4 is 29.0 Å². The normalized spacial score (nSPS) is 17.0. The lowest BCUT2D eigenvalue weighted by Gasteiger charge is -2.29. The first-order valence-corrected chi connectivity index (χ1v) is 18.0. The standard InChI is InChI=1S/C48H49N5/c1-6-9-24-36(4)40-29-16-19-32-43(40)53-48(50-35-37(22-7-2)23-8-3)46(51-44-33-20-17-30-41(44)38-25-12-10-13-26-38)47(49-5)52-45-34-21-18-31-42(45)39-27-14-11-15-28-39/h6-35,42,45,51,53H,2H2,1,3-5H3,(H,49,52)/b9-6-,23-8-,36-24+,37-22+,48-46-,50-35+. The molecule has 2 unspecified atom stereocenters. The van der Waals surface area contributed by atoms with Crippen LogP contribution in [0.2, 0.25) is 0 Å². The number of para-hydroxylation sites is 2. The molecule has 5 nitrogen and oxygen atoms in total. The fraction of sp³-hybridized carbons (Fsp3) is 0.125. The van der Waals surface area contributed by atoms with Crippen molar-refractivity contribution < 1.29 is 0 Å². The molecule has 0 saturated heterocycles. The number of anilines is 2. The van der Waals surface area contributed by atoms with Gasteiger partial charge in [-0.3, -0.25) is 4.99 Å². The summed E-state index contributed by atoms with van der Waals surface area (Å²) in [6, 6.07) is 37.5.